The van der Waals surface area contributed by atoms with Crippen LogP contribution in [0.5, 0.6) is 0 Å². The molecule has 2 N–H and O–H groups in total. The van der Waals surface area contributed by atoms with Crippen LogP contribution in [0.4, 0.5) is 5.69 Å². The van der Waals surface area contributed by atoms with Crippen molar-refractivity contribution in [2.75, 3.05) is 11.5 Å². The highest BCUT2D eigenvalue weighted by molar-refractivity contribution is 7.99. The highest BCUT2D eigenvalue weighted by atomic mass is 32.2. The van der Waals surface area contributed by atoms with E-state index in [2.05, 4.69) is 31.0 Å². The van der Waals surface area contributed by atoms with Crippen LogP contribution in [0.25, 0.3) is 10.2 Å². The number of thioether (sulfide) groups is 1. The molecular weight excluding hydrogens is 278 g/mol. The molecule has 0 amide bonds. The third-order valence-corrected chi connectivity index (χ3v) is 5.37. The molecule has 0 bridgehead atoms. The summed E-state index contributed by atoms with van der Waals surface area (Å²) in [6.45, 7) is 6.93. The Bertz CT molecular complexity index is 636. The quantitative estimate of drug-likeness (QED) is 0.862. The molecule has 19 heavy (non-hydrogen) atoms. The highest BCUT2D eigenvalue weighted by Gasteiger charge is 2.30. The SMILES string of the molecule is CCSc1nnc2c3c(sc2c1N)CC(C)(C)OC3. The molecular formula is C13H17N3OS2. The number of fused-ring (bicyclic) bond motifs is 3. The van der Waals surface area contributed by atoms with Gasteiger partial charge in [0.2, 0.25) is 0 Å². The zero-order valence-corrected chi connectivity index (χ0v) is 13.0. The number of rotatable bonds is 2. The van der Waals surface area contributed by atoms with Crippen molar-refractivity contribution in [2.45, 2.75) is 44.4 Å². The van der Waals surface area contributed by atoms with Crippen LogP contribution in [0, 0.1) is 0 Å². The van der Waals surface area contributed by atoms with Crippen LogP contribution in [0.3, 0.4) is 0 Å². The van der Waals surface area contributed by atoms with Crippen LogP contribution in [0.2, 0.25) is 0 Å². The lowest BCUT2D eigenvalue weighted by Gasteiger charge is -2.29. The largest absolute Gasteiger partial charge is 0.395 e. The number of ether oxygens (including phenoxy) is 1. The van der Waals surface area contributed by atoms with Gasteiger partial charge >= 0.3 is 0 Å². The molecule has 6 heteroatoms. The minimum absolute atomic E-state index is 0.100. The Morgan fingerprint density at radius 1 is 1.42 bits per heavy atom. The number of hydrogen-bond acceptors (Lipinski definition) is 6. The van der Waals surface area contributed by atoms with Gasteiger partial charge < -0.3 is 10.5 Å². The number of aromatic nitrogens is 2. The lowest BCUT2D eigenvalue weighted by Crippen LogP contribution is -2.30. The van der Waals surface area contributed by atoms with Crippen LogP contribution < -0.4 is 5.73 Å². The van der Waals surface area contributed by atoms with Crippen molar-refractivity contribution in [2.24, 2.45) is 0 Å². The molecule has 3 heterocycles. The topological polar surface area (TPSA) is 61.0 Å². The molecule has 0 spiro atoms. The highest BCUT2D eigenvalue weighted by Crippen LogP contribution is 2.41. The fourth-order valence-electron chi connectivity index (χ4n) is 2.28. The van der Waals surface area contributed by atoms with Gasteiger partial charge in [-0.3, -0.25) is 0 Å². The minimum atomic E-state index is -0.100. The van der Waals surface area contributed by atoms with E-state index in [-0.39, 0.29) is 5.60 Å². The predicted octanol–water partition coefficient (Wildman–Crippen LogP) is 3.24. The van der Waals surface area contributed by atoms with Gasteiger partial charge in [0.05, 0.1) is 22.6 Å². The van der Waals surface area contributed by atoms with E-state index in [0.717, 1.165) is 33.1 Å². The lowest BCUT2D eigenvalue weighted by molar-refractivity contribution is -0.0383. The summed E-state index contributed by atoms with van der Waals surface area (Å²) in [6.07, 6.45) is 0.916. The summed E-state index contributed by atoms with van der Waals surface area (Å²) in [6, 6.07) is 0. The first-order valence-corrected chi connectivity index (χ1v) is 8.15. The van der Waals surface area contributed by atoms with Crippen LogP contribution in [-0.2, 0) is 17.8 Å². The van der Waals surface area contributed by atoms with Gasteiger partial charge in [-0.25, -0.2) is 0 Å². The number of hydrogen-bond donors (Lipinski definition) is 1. The van der Waals surface area contributed by atoms with Crippen LogP contribution in [0.1, 0.15) is 31.2 Å². The Labute approximate surface area is 120 Å². The second-order valence-electron chi connectivity index (χ2n) is 5.26. The van der Waals surface area contributed by atoms with Gasteiger partial charge in [-0.05, 0) is 19.6 Å². The fraction of sp³-hybridized carbons (Fsp3) is 0.538. The van der Waals surface area contributed by atoms with Gasteiger partial charge in [0, 0.05) is 16.9 Å². The fourth-order valence-corrected chi connectivity index (χ4v) is 4.38. The van der Waals surface area contributed by atoms with E-state index < -0.39 is 0 Å². The molecule has 0 saturated heterocycles. The van der Waals surface area contributed by atoms with E-state index >= 15 is 0 Å². The Balaban J connectivity index is 2.15. The van der Waals surface area contributed by atoms with Crippen molar-refractivity contribution in [3.63, 3.8) is 0 Å². The first kappa shape index (κ1) is 13.1. The molecule has 0 unspecified atom stereocenters. The average Bonchev–Trinajstić information content (AvgIpc) is 2.70. The van der Waals surface area contributed by atoms with Gasteiger partial charge in [0.1, 0.15) is 10.5 Å². The molecule has 2 aromatic heterocycles. The lowest BCUT2D eigenvalue weighted by atomic mass is 9.98. The molecule has 0 aliphatic carbocycles. The molecule has 0 saturated carbocycles. The molecule has 0 aromatic carbocycles. The zero-order chi connectivity index (χ0) is 13.6. The van der Waals surface area contributed by atoms with Gasteiger partial charge in [0.25, 0.3) is 0 Å². The first-order valence-electron chi connectivity index (χ1n) is 6.35. The number of thiophene rings is 1. The molecule has 2 aromatic rings. The van der Waals surface area contributed by atoms with E-state index in [0.29, 0.717) is 6.61 Å². The van der Waals surface area contributed by atoms with E-state index in [1.165, 1.54) is 10.4 Å². The summed E-state index contributed by atoms with van der Waals surface area (Å²) in [7, 11) is 0. The Morgan fingerprint density at radius 2 is 2.21 bits per heavy atom. The van der Waals surface area contributed by atoms with Gasteiger partial charge in [0.15, 0.2) is 0 Å². The summed E-state index contributed by atoms with van der Waals surface area (Å²) in [4.78, 5) is 1.34. The Morgan fingerprint density at radius 3 is 2.95 bits per heavy atom. The van der Waals surface area contributed by atoms with Gasteiger partial charge in [-0.1, -0.05) is 6.92 Å². The normalized spacial score (nSPS) is 17.6. The summed E-state index contributed by atoms with van der Waals surface area (Å²) in [5.41, 5.74) is 9.00. The third kappa shape index (κ3) is 2.22. The third-order valence-electron chi connectivity index (χ3n) is 3.25. The molecule has 4 nitrogen and oxygen atoms in total. The molecule has 0 atom stereocenters. The number of nitrogens with two attached hydrogens (primary N) is 1. The second kappa shape index (κ2) is 4.61. The number of anilines is 1. The van der Waals surface area contributed by atoms with Crippen LogP contribution in [-0.4, -0.2) is 21.6 Å². The van der Waals surface area contributed by atoms with Crippen molar-refractivity contribution < 1.29 is 4.74 Å². The van der Waals surface area contributed by atoms with E-state index in [1.807, 2.05) is 0 Å². The maximum Gasteiger partial charge on any atom is 0.143 e. The summed E-state index contributed by atoms with van der Waals surface area (Å²) in [5.74, 6) is 0.950. The molecule has 3 rings (SSSR count). The Kier molecular flexibility index (Phi) is 3.19. The summed E-state index contributed by atoms with van der Waals surface area (Å²) >= 11 is 3.39. The monoisotopic (exact) mass is 295 g/mol. The number of nitrogens with zero attached hydrogens (tertiary/aromatic N) is 2. The standard InChI is InChI=1S/C13H17N3OS2/c1-4-18-12-9(14)11-10(15-16-12)7-6-17-13(2,3)5-8(7)19-11/h4-6H2,1-3H3,(H2,14,15). The van der Waals surface area contributed by atoms with Crippen LogP contribution in [0.15, 0.2) is 5.03 Å². The molecule has 102 valence electrons. The van der Waals surface area contributed by atoms with Crippen molar-refractivity contribution >= 4 is 39.0 Å². The van der Waals surface area contributed by atoms with E-state index in [1.54, 1.807) is 23.1 Å². The van der Waals surface area contributed by atoms with Crippen molar-refractivity contribution in [3.05, 3.63) is 10.4 Å². The van der Waals surface area contributed by atoms with Crippen molar-refractivity contribution in [1.82, 2.24) is 10.2 Å². The molecule has 0 radical (unpaired) electrons. The maximum atomic E-state index is 6.23. The molecule has 1 aliphatic rings. The van der Waals surface area contributed by atoms with Crippen molar-refractivity contribution in [1.29, 1.82) is 0 Å². The number of nitrogen functional groups attached to an aromatic ring is 1. The Hall–Kier alpha value is -0.850. The first-order chi connectivity index (χ1) is 9.02. The second-order valence-corrected chi connectivity index (χ2v) is 7.62. The van der Waals surface area contributed by atoms with E-state index in [4.69, 9.17) is 10.5 Å². The van der Waals surface area contributed by atoms with Gasteiger partial charge in [-0.2, -0.15) is 0 Å². The van der Waals surface area contributed by atoms with Gasteiger partial charge in [-0.15, -0.1) is 33.3 Å². The average molecular weight is 295 g/mol. The predicted molar refractivity (Wildman–Crippen MR) is 80.8 cm³/mol. The zero-order valence-electron chi connectivity index (χ0n) is 11.3. The maximum absolute atomic E-state index is 6.23. The van der Waals surface area contributed by atoms with Crippen molar-refractivity contribution in [3.8, 4) is 0 Å². The smallest absolute Gasteiger partial charge is 0.143 e. The van der Waals surface area contributed by atoms with E-state index in [9.17, 15) is 0 Å². The molecule has 0 fully saturated rings. The minimum Gasteiger partial charge on any atom is -0.395 e. The molecule has 1 aliphatic heterocycles. The summed E-state index contributed by atoms with van der Waals surface area (Å²) in [5, 5.41) is 9.45. The van der Waals surface area contributed by atoms with Crippen LogP contribution >= 0.6 is 23.1 Å². The summed E-state index contributed by atoms with van der Waals surface area (Å²) < 4.78 is 6.94.